The smallest absolute Gasteiger partial charge is 0.748 e. The zero-order valence-electron chi connectivity index (χ0n) is 12.7. The van der Waals surface area contributed by atoms with Crippen molar-refractivity contribution in [2.75, 3.05) is 23.0 Å². The quantitative estimate of drug-likeness (QED) is 0.153. The molecule has 1 aromatic carbocycles. The van der Waals surface area contributed by atoms with Crippen LogP contribution >= 0.6 is 21.6 Å². The van der Waals surface area contributed by atoms with Gasteiger partial charge in [-0.05, 0) is 25.0 Å². The van der Waals surface area contributed by atoms with Gasteiger partial charge in [0.05, 0.1) is 15.9 Å². The normalized spacial score (nSPS) is 11.7. The molecule has 0 amide bonds. The summed E-state index contributed by atoms with van der Waals surface area (Å²) < 4.78 is 59.5. The standard InChI is InChI=1S/C12H18O6S4.Na/c13-21(14,15)10-4-8-19-20-9-5-11-22(16,17)18-12-6-2-1-3-7-12;/h1-3,6-7H,4-5,8-11H2,(H,13,14,15);/q;+1/p-1. The third-order valence-electron chi connectivity index (χ3n) is 2.29. The molecule has 23 heavy (non-hydrogen) atoms. The van der Waals surface area contributed by atoms with Gasteiger partial charge in [0.25, 0.3) is 0 Å². The Morgan fingerprint density at radius 1 is 0.913 bits per heavy atom. The second-order valence-corrected chi connectivity index (χ2v) is 10.2. The molecule has 0 saturated carbocycles. The second-order valence-electron chi connectivity index (χ2n) is 4.27. The van der Waals surface area contributed by atoms with E-state index >= 15 is 0 Å². The van der Waals surface area contributed by atoms with E-state index in [1.165, 1.54) is 21.6 Å². The third kappa shape index (κ3) is 13.5. The van der Waals surface area contributed by atoms with E-state index in [0.29, 0.717) is 30.1 Å². The minimum Gasteiger partial charge on any atom is -0.748 e. The van der Waals surface area contributed by atoms with Crippen molar-refractivity contribution in [3.05, 3.63) is 30.3 Å². The van der Waals surface area contributed by atoms with Crippen molar-refractivity contribution in [3.8, 4) is 5.75 Å². The summed E-state index contributed by atoms with van der Waals surface area (Å²) >= 11 is 0. The van der Waals surface area contributed by atoms with Gasteiger partial charge < -0.3 is 8.74 Å². The van der Waals surface area contributed by atoms with Crippen molar-refractivity contribution in [3.63, 3.8) is 0 Å². The zero-order chi connectivity index (χ0) is 16.5. The number of hydrogen-bond acceptors (Lipinski definition) is 8. The Morgan fingerprint density at radius 3 is 1.96 bits per heavy atom. The van der Waals surface area contributed by atoms with Crippen molar-refractivity contribution in [1.82, 2.24) is 0 Å². The van der Waals surface area contributed by atoms with Crippen LogP contribution in [-0.4, -0.2) is 44.4 Å². The van der Waals surface area contributed by atoms with Crippen molar-refractivity contribution >= 4 is 41.8 Å². The van der Waals surface area contributed by atoms with Gasteiger partial charge in [0.1, 0.15) is 5.75 Å². The van der Waals surface area contributed by atoms with Gasteiger partial charge in [-0.2, -0.15) is 8.42 Å². The monoisotopic (exact) mass is 408 g/mol. The van der Waals surface area contributed by atoms with Gasteiger partial charge in [0.2, 0.25) is 0 Å². The van der Waals surface area contributed by atoms with Gasteiger partial charge in [0.15, 0.2) is 0 Å². The maximum atomic E-state index is 11.7. The van der Waals surface area contributed by atoms with E-state index in [9.17, 15) is 21.4 Å². The van der Waals surface area contributed by atoms with Crippen LogP contribution in [0.1, 0.15) is 12.8 Å². The maximum Gasteiger partial charge on any atom is 1.00 e. The Bertz CT molecular complexity index is 633. The van der Waals surface area contributed by atoms with Crippen LogP contribution in [0.4, 0.5) is 0 Å². The van der Waals surface area contributed by atoms with Crippen LogP contribution < -0.4 is 33.7 Å². The summed E-state index contributed by atoms with van der Waals surface area (Å²) in [7, 11) is -4.86. The van der Waals surface area contributed by atoms with E-state index < -0.39 is 20.2 Å². The maximum absolute atomic E-state index is 11.7. The molecular formula is C12H17NaO6S4. The average Bonchev–Trinajstić information content (AvgIpc) is 2.41. The fraction of sp³-hybridized carbons (Fsp3) is 0.500. The van der Waals surface area contributed by atoms with Crippen LogP contribution in [0.3, 0.4) is 0 Å². The molecule has 0 aliphatic rings. The topological polar surface area (TPSA) is 101 Å². The number of benzene rings is 1. The largest absolute Gasteiger partial charge is 1.00 e. The molecule has 0 aliphatic heterocycles. The molecule has 1 rings (SSSR count). The average molecular weight is 409 g/mol. The van der Waals surface area contributed by atoms with E-state index in [1.807, 2.05) is 0 Å². The van der Waals surface area contributed by atoms with Gasteiger partial charge in [-0.25, -0.2) is 8.42 Å². The Kier molecular flexibility index (Phi) is 12.3. The molecule has 6 nitrogen and oxygen atoms in total. The van der Waals surface area contributed by atoms with Crippen molar-refractivity contribution in [2.24, 2.45) is 0 Å². The molecule has 0 bridgehead atoms. The van der Waals surface area contributed by atoms with Crippen LogP contribution in [0, 0.1) is 0 Å². The summed E-state index contributed by atoms with van der Waals surface area (Å²) in [5.74, 6) is 0.999. The first-order valence-electron chi connectivity index (χ1n) is 6.44. The predicted octanol–water partition coefficient (Wildman–Crippen LogP) is -0.894. The van der Waals surface area contributed by atoms with Crippen LogP contribution in [0.2, 0.25) is 0 Å². The Hall–Kier alpha value is 0.580. The summed E-state index contributed by atoms with van der Waals surface area (Å²) in [4.78, 5) is 0. The second kappa shape index (κ2) is 12.0. The molecule has 0 saturated heterocycles. The SMILES string of the molecule is O=S(=O)([O-])CCCSSCCCS(=O)(=O)Oc1ccccc1.[Na+]. The van der Waals surface area contributed by atoms with Gasteiger partial charge in [-0.3, -0.25) is 0 Å². The molecule has 0 unspecified atom stereocenters. The summed E-state index contributed by atoms with van der Waals surface area (Å²) in [6.45, 7) is 0. The van der Waals surface area contributed by atoms with Gasteiger partial charge in [-0.15, -0.1) is 0 Å². The summed E-state index contributed by atoms with van der Waals surface area (Å²) in [6, 6.07) is 8.31. The summed E-state index contributed by atoms with van der Waals surface area (Å²) in [5, 5.41) is 0. The van der Waals surface area contributed by atoms with E-state index in [2.05, 4.69) is 0 Å². The van der Waals surface area contributed by atoms with Crippen LogP contribution in [0.5, 0.6) is 5.75 Å². The van der Waals surface area contributed by atoms with E-state index in [1.54, 1.807) is 30.3 Å². The van der Waals surface area contributed by atoms with Crippen LogP contribution in [0.15, 0.2) is 30.3 Å². The Balaban J connectivity index is 0.00000484. The molecule has 0 spiro atoms. The van der Waals surface area contributed by atoms with Crippen molar-refractivity contribution in [2.45, 2.75) is 12.8 Å². The summed E-state index contributed by atoms with van der Waals surface area (Å²) in [6.07, 6.45) is 0.742. The Labute approximate surface area is 167 Å². The minimum absolute atomic E-state index is 0. The first kappa shape index (κ1) is 23.6. The third-order valence-corrected chi connectivity index (χ3v) is 6.89. The molecular weight excluding hydrogens is 391 g/mol. The summed E-state index contributed by atoms with van der Waals surface area (Å²) in [5.41, 5.74) is 0. The molecule has 0 fully saturated rings. The first-order valence-corrected chi connectivity index (χ1v) is 12.1. The van der Waals surface area contributed by atoms with Crippen LogP contribution in [-0.2, 0) is 20.2 Å². The molecule has 126 valence electrons. The Morgan fingerprint density at radius 2 is 1.43 bits per heavy atom. The zero-order valence-corrected chi connectivity index (χ0v) is 18.0. The number of para-hydroxylation sites is 1. The van der Waals surface area contributed by atoms with Crippen molar-refractivity contribution in [1.29, 1.82) is 0 Å². The van der Waals surface area contributed by atoms with E-state index in [-0.39, 0.29) is 41.1 Å². The van der Waals surface area contributed by atoms with E-state index in [4.69, 9.17) is 4.18 Å². The first-order chi connectivity index (χ1) is 10.3. The van der Waals surface area contributed by atoms with Gasteiger partial charge in [0, 0.05) is 17.3 Å². The number of hydrogen-bond donors (Lipinski definition) is 0. The van der Waals surface area contributed by atoms with Crippen LogP contribution in [0.25, 0.3) is 0 Å². The van der Waals surface area contributed by atoms with Crippen molar-refractivity contribution < 1.29 is 55.1 Å². The number of rotatable bonds is 11. The molecule has 0 radical (unpaired) electrons. The molecule has 0 N–H and O–H groups in total. The molecule has 11 heteroatoms. The van der Waals surface area contributed by atoms with E-state index in [0.717, 1.165) is 0 Å². The fourth-order valence-electron chi connectivity index (χ4n) is 1.37. The van der Waals surface area contributed by atoms with Gasteiger partial charge in [-0.1, -0.05) is 39.8 Å². The predicted molar refractivity (Wildman–Crippen MR) is 89.6 cm³/mol. The fourth-order valence-corrected chi connectivity index (χ4v) is 5.39. The minimum atomic E-state index is -4.14. The molecule has 0 atom stereocenters. The molecule has 0 aliphatic carbocycles. The van der Waals surface area contributed by atoms with Gasteiger partial charge >= 0.3 is 39.7 Å². The molecule has 0 aromatic heterocycles. The molecule has 0 heterocycles. The molecule has 1 aromatic rings.